The number of hydrogen-bond acceptors (Lipinski definition) is 3. The molecule has 0 saturated carbocycles. The molecule has 114 valence electrons. The third-order valence-corrected chi connectivity index (χ3v) is 4.24. The van der Waals surface area contributed by atoms with E-state index >= 15 is 0 Å². The molecule has 20 heavy (non-hydrogen) atoms. The molecule has 0 aromatic carbocycles. The molecular formula is C15H27N3O2. The monoisotopic (exact) mass is 281 g/mol. The van der Waals surface area contributed by atoms with Gasteiger partial charge in [0.05, 0.1) is 0 Å². The van der Waals surface area contributed by atoms with E-state index in [0.29, 0.717) is 31.3 Å². The summed E-state index contributed by atoms with van der Waals surface area (Å²) in [6, 6.07) is 1.09. The number of nitrogens with zero attached hydrogens (tertiary/aromatic N) is 1. The summed E-state index contributed by atoms with van der Waals surface area (Å²) in [4.78, 5) is 25.6. The highest BCUT2D eigenvalue weighted by molar-refractivity contribution is 5.79. The number of rotatable bonds is 6. The molecule has 5 heteroatoms. The van der Waals surface area contributed by atoms with E-state index in [1.54, 1.807) is 0 Å². The fourth-order valence-corrected chi connectivity index (χ4v) is 3.08. The van der Waals surface area contributed by atoms with Gasteiger partial charge in [-0.3, -0.25) is 9.59 Å². The van der Waals surface area contributed by atoms with Crippen molar-refractivity contribution < 1.29 is 9.59 Å². The number of nitrogens with one attached hydrogen (secondary N) is 2. The molecule has 5 nitrogen and oxygen atoms in total. The van der Waals surface area contributed by atoms with E-state index in [1.165, 1.54) is 12.8 Å². The number of likely N-dealkylation sites (tertiary alicyclic amines) is 1. The van der Waals surface area contributed by atoms with Crippen molar-refractivity contribution in [2.24, 2.45) is 0 Å². The Bertz CT molecular complexity index is 346. The lowest BCUT2D eigenvalue weighted by Gasteiger charge is -2.24. The van der Waals surface area contributed by atoms with Gasteiger partial charge in [-0.15, -0.1) is 0 Å². The van der Waals surface area contributed by atoms with Gasteiger partial charge in [-0.1, -0.05) is 6.92 Å². The summed E-state index contributed by atoms with van der Waals surface area (Å²) in [5.41, 5.74) is 0. The first-order valence-corrected chi connectivity index (χ1v) is 7.99. The van der Waals surface area contributed by atoms with Crippen LogP contribution in [0.25, 0.3) is 0 Å². The summed E-state index contributed by atoms with van der Waals surface area (Å²) in [6.45, 7) is 4.48. The van der Waals surface area contributed by atoms with E-state index < -0.39 is 0 Å². The van der Waals surface area contributed by atoms with Gasteiger partial charge >= 0.3 is 0 Å². The predicted octanol–water partition coefficient (Wildman–Crippen LogP) is 1.04. The molecule has 2 rings (SSSR count). The molecule has 0 aromatic heterocycles. The molecular weight excluding hydrogens is 254 g/mol. The molecule has 2 fully saturated rings. The van der Waals surface area contributed by atoms with Crippen molar-refractivity contribution in [1.82, 2.24) is 15.5 Å². The van der Waals surface area contributed by atoms with Crippen molar-refractivity contribution in [3.63, 3.8) is 0 Å². The van der Waals surface area contributed by atoms with E-state index in [-0.39, 0.29) is 11.8 Å². The number of carbonyl (C=O) groups is 2. The summed E-state index contributed by atoms with van der Waals surface area (Å²) in [5, 5.41) is 6.42. The van der Waals surface area contributed by atoms with E-state index in [4.69, 9.17) is 0 Å². The van der Waals surface area contributed by atoms with Crippen LogP contribution in [0.15, 0.2) is 0 Å². The minimum Gasteiger partial charge on any atom is -0.356 e. The van der Waals surface area contributed by atoms with Crippen LogP contribution in [0.2, 0.25) is 0 Å². The van der Waals surface area contributed by atoms with Gasteiger partial charge in [0.2, 0.25) is 11.8 Å². The third-order valence-electron chi connectivity index (χ3n) is 4.24. The van der Waals surface area contributed by atoms with Crippen molar-refractivity contribution >= 4 is 11.8 Å². The van der Waals surface area contributed by atoms with Crippen LogP contribution in [0.1, 0.15) is 51.9 Å². The van der Waals surface area contributed by atoms with E-state index in [2.05, 4.69) is 10.6 Å². The van der Waals surface area contributed by atoms with Crippen LogP contribution in [-0.2, 0) is 9.59 Å². The molecule has 0 aromatic rings. The Labute approximate surface area is 121 Å². The fraction of sp³-hybridized carbons (Fsp3) is 0.867. The summed E-state index contributed by atoms with van der Waals surface area (Å²) in [6.07, 6.45) is 6.08. The summed E-state index contributed by atoms with van der Waals surface area (Å²) >= 11 is 0. The fourth-order valence-electron chi connectivity index (χ4n) is 3.08. The average Bonchev–Trinajstić information content (AvgIpc) is 2.75. The second-order valence-electron chi connectivity index (χ2n) is 5.97. The lowest BCUT2D eigenvalue weighted by Crippen LogP contribution is -2.39. The van der Waals surface area contributed by atoms with E-state index in [0.717, 1.165) is 32.5 Å². The Morgan fingerprint density at radius 2 is 2.00 bits per heavy atom. The molecule has 2 aliphatic rings. The van der Waals surface area contributed by atoms with E-state index in [9.17, 15) is 9.59 Å². The standard InChI is InChI=1S/C15H27N3O2/c1-2-9-16-14(19)4-3-5-15(20)18-10-8-12-6-7-13(11-18)17-12/h12-13,17H,2-11H2,1H3,(H,16,19). The number of fused-ring (bicyclic) bond motifs is 2. The predicted molar refractivity (Wildman–Crippen MR) is 78.3 cm³/mol. The molecule has 2 N–H and O–H groups in total. The third kappa shape index (κ3) is 4.47. The number of hydrogen-bond donors (Lipinski definition) is 2. The maximum absolute atomic E-state index is 12.2. The lowest BCUT2D eigenvalue weighted by molar-refractivity contribution is -0.131. The quantitative estimate of drug-likeness (QED) is 0.764. The van der Waals surface area contributed by atoms with Crippen LogP contribution >= 0.6 is 0 Å². The SMILES string of the molecule is CCCNC(=O)CCCC(=O)N1CCC2CCC(C1)N2. The largest absolute Gasteiger partial charge is 0.356 e. The molecule has 0 aliphatic carbocycles. The molecule has 2 aliphatic heterocycles. The van der Waals surface area contributed by atoms with Gasteiger partial charge in [0.15, 0.2) is 0 Å². The molecule has 2 atom stereocenters. The van der Waals surface area contributed by atoms with Crippen LogP contribution in [0, 0.1) is 0 Å². The van der Waals surface area contributed by atoms with Crippen molar-refractivity contribution in [2.75, 3.05) is 19.6 Å². The first-order chi connectivity index (χ1) is 9.69. The van der Waals surface area contributed by atoms with Gasteiger partial charge in [0, 0.05) is 44.6 Å². The van der Waals surface area contributed by atoms with Crippen LogP contribution in [0.3, 0.4) is 0 Å². The Hall–Kier alpha value is -1.10. The van der Waals surface area contributed by atoms with Gasteiger partial charge in [-0.25, -0.2) is 0 Å². The van der Waals surface area contributed by atoms with Gasteiger partial charge < -0.3 is 15.5 Å². The average molecular weight is 281 g/mol. The van der Waals surface area contributed by atoms with Crippen molar-refractivity contribution in [2.45, 2.75) is 64.0 Å². The zero-order chi connectivity index (χ0) is 14.4. The highest BCUT2D eigenvalue weighted by atomic mass is 16.2. The maximum atomic E-state index is 12.2. The minimum atomic E-state index is 0.0660. The van der Waals surface area contributed by atoms with Gasteiger partial charge in [0.25, 0.3) is 0 Å². The second kappa shape index (κ2) is 7.62. The highest BCUT2D eigenvalue weighted by Crippen LogP contribution is 2.21. The summed E-state index contributed by atoms with van der Waals surface area (Å²) in [5.74, 6) is 0.277. The first kappa shape index (κ1) is 15.3. The van der Waals surface area contributed by atoms with Gasteiger partial charge in [-0.05, 0) is 32.1 Å². The molecule has 2 saturated heterocycles. The second-order valence-corrected chi connectivity index (χ2v) is 5.97. The Kier molecular flexibility index (Phi) is 5.83. The summed E-state index contributed by atoms with van der Waals surface area (Å²) in [7, 11) is 0. The Balaban J connectivity index is 1.65. The van der Waals surface area contributed by atoms with Crippen molar-refractivity contribution in [1.29, 1.82) is 0 Å². The molecule has 2 heterocycles. The number of carbonyl (C=O) groups excluding carboxylic acids is 2. The number of amides is 2. The van der Waals surface area contributed by atoms with Crippen LogP contribution in [0.5, 0.6) is 0 Å². The smallest absolute Gasteiger partial charge is 0.222 e. The molecule has 0 radical (unpaired) electrons. The van der Waals surface area contributed by atoms with Crippen molar-refractivity contribution in [3.05, 3.63) is 0 Å². The molecule has 2 unspecified atom stereocenters. The van der Waals surface area contributed by atoms with Crippen LogP contribution < -0.4 is 10.6 Å². The normalized spacial score (nSPS) is 25.4. The molecule has 0 spiro atoms. The van der Waals surface area contributed by atoms with Crippen LogP contribution in [0.4, 0.5) is 0 Å². The Morgan fingerprint density at radius 1 is 1.20 bits per heavy atom. The highest BCUT2D eigenvalue weighted by Gasteiger charge is 2.30. The lowest BCUT2D eigenvalue weighted by atomic mass is 10.1. The van der Waals surface area contributed by atoms with Gasteiger partial charge in [-0.2, -0.15) is 0 Å². The van der Waals surface area contributed by atoms with Crippen molar-refractivity contribution in [3.8, 4) is 0 Å². The first-order valence-electron chi connectivity index (χ1n) is 7.99. The molecule has 2 amide bonds. The zero-order valence-electron chi connectivity index (χ0n) is 12.5. The van der Waals surface area contributed by atoms with Crippen LogP contribution in [-0.4, -0.2) is 48.4 Å². The Morgan fingerprint density at radius 3 is 2.80 bits per heavy atom. The van der Waals surface area contributed by atoms with Gasteiger partial charge in [0.1, 0.15) is 0 Å². The molecule has 2 bridgehead atoms. The minimum absolute atomic E-state index is 0.0660. The summed E-state index contributed by atoms with van der Waals surface area (Å²) < 4.78 is 0. The van der Waals surface area contributed by atoms with E-state index in [1.807, 2.05) is 11.8 Å². The maximum Gasteiger partial charge on any atom is 0.222 e. The topological polar surface area (TPSA) is 61.4 Å². The zero-order valence-corrected chi connectivity index (χ0v) is 12.5.